The molecule has 0 aromatic heterocycles. The Labute approximate surface area is 112 Å². The Morgan fingerprint density at radius 2 is 2.21 bits per heavy atom. The fourth-order valence-corrected chi connectivity index (χ4v) is 2.78. The van der Waals surface area contributed by atoms with Crippen LogP contribution in [0.25, 0.3) is 0 Å². The summed E-state index contributed by atoms with van der Waals surface area (Å²) in [6, 6.07) is 5.59. The molecule has 4 nitrogen and oxygen atoms in total. The van der Waals surface area contributed by atoms with E-state index in [0.717, 1.165) is 24.1 Å². The van der Waals surface area contributed by atoms with Crippen LogP contribution in [0, 0.1) is 0 Å². The first-order valence-electron chi connectivity index (χ1n) is 6.72. The minimum atomic E-state index is -0.277. The lowest BCUT2D eigenvalue weighted by Gasteiger charge is -2.26. The zero-order valence-electron chi connectivity index (χ0n) is 11.0. The number of hydrogen-bond acceptors (Lipinski definition) is 3. The molecule has 0 saturated carbocycles. The Bertz CT molecular complexity index is 532. The van der Waals surface area contributed by atoms with Crippen LogP contribution in [0.1, 0.15) is 35.2 Å². The lowest BCUT2D eigenvalue weighted by Crippen LogP contribution is -2.31. The molecule has 1 aromatic rings. The number of rotatable bonds is 2. The first kappa shape index (κ1) is 12.4. The highest BCUT2D eigenvalue weighted by atomic mass is 16.5. The van der Waals surface area contributed by atoms with Crippen molar-refractivity contribution < 1.29 is 14.3 Å². The van der Waals surface area contributed by atoms with Gasteiger partial charge in [-0.2, -0.15) is 0 Å². The first-order chi connectivity index (χ1) is 9.16. The van der Waals surface area contributed by atoms with Crippen LogP contribution < -0.4 is 4.90 Å². The van der Waals surface area contributed by atoms with Crippen molar-refractivity contribution in [2.45, 2.75) is 31.8 Å². The number of amides is 1. The van der Waals surface area contributed by atoms with E-state index in [1.54, 1.807) is 18.0 Å². The molecular formula is C15H17NO3. The normalized spacial score (nSPS) is 22.5. The molecule has 0 bridgehead atoms. The third kappa shape index (κ3) is 2.16. The number of carbonyl (C=O) groups excluding carboxylic acids is 2. The number of Topliss-reactive ketones (excluding diaryl/α,β-unsaturated/α-hetero) is 1. The van der Waals surface area contributed by atoms with Crippen LogP contribution in [-0.4, -0.2) is 31.4 Å². The quantitative estimate of drug-likeness (QED) is 0.763. The van der Waals surface area contributed by atoms with Crippen LogP contribution in [0.3, 0.4) is 0 Å². The van der Waals surface area contributed by atoms with Crippen molar-refractivity contribution in [2.24, 2.45) is 0 Å². The summed E-state index contributed by atoms with van der Waals surface area (Å²) in [5.74, 6) is 0.200. The summed E-state index contributed by atoms with van der Waals surface area (Å²) >= 11 is 0. The lowest BCUT2D eigenvalue weighted by atomic mass is 9.96. The minimum absolute atomic E-state index is 0.0693. The van der Waals surface area contributed by atoms with Gasteiger partial charge in [0.25, 0.3) is 0 Å². The second-order valence-electron chi connectivity index (χ2n) is 5.16. The molecule has 2 aliphatic rings. The largest absolute Gasteiger partial charge is 0.370 e. The van der Waals surface area contributed by atoms with Crippen LogP contribution >= 0.6 is 0 Å². The first-order valence-corrected chi connectivity index (χ1v) is 6.72. The summed E-state index contributed by atoms with van der Waals surface area (Å²) < 4.78 is 5.44. The third-order valence-corrected chi connectivity index (χ3v) is 3.93. The Balaban J connectivity index is 1.89. The zero-order chi connectivity index (χ0) is 13.4. The standard InChI is InChI=1S/C15H17NO3/c1-16-12-6-4-11(9-10(12)5-7-14(16)17)15(18)13-3-2-8-19-13/h4,6,9,13H,2-3,5,7-8H2,1H3. The van der Waals surface area contributed by atoms with E-state index in [1.165, 1.54) is 0 Å². The zero-order valence-corrected chi connectivity index (χ0v) is 11.0. The molecule has 1 aromatic carbocycles. The van der Waals surface area contributed by atoms with Crippen LogP contribution in [0.2, 0.25) is 0 Å². The van der Waals surface area contributed by atoms with Gasteiger partial charge in [-0.25, -0.2) is 0 Å². The van der Waals surface area contributed by atoms with E-state index in [9.17, 15) is 9.59 Å². The van der Waals surface area contributed by atoms with Crippen LogP contribution in [-0.2, 0) is 16.0 Å². The Kier molecular flexibility index (Phi) is 3.11. The maximum atomic E-state index is 12.3. The van der Waals surface area contributed by atoms with Gasteiger partial charge in [0.1, 0.15) is 6.10 Å². The number of ketones is 1. The van der Waals surface area contributed by atoms with Crippen LogP contribution in [0.4, 0.5) is 5.69 Å². The molecule has 2 aliphatic heterocycles. The van der Waals surface area contributed by atoms with E-state index >= 15 is 0 Å². The summed E-state index contributed by atoms with van der Waals surface area (Å²) in [5, 5.41) is 0. The molecule has 4 heteroatoms. The molecule has 1 fully saturated rings. The second kappa shape index (κ2) is 4.78. The van der Waals surface area contributed by atoms with E-state index in [4.69, 9.17) is 4.74 Å². The topological polar surface area (TPSA) is 46.6 Å². The average molecular weight is 259 g/mol. The van der Waals surface area contributed by atoms with E-state index < -0.39 is 0 Å². The molecule has 0 spiro atoms. The highest BCUT2D eigenvalue weighted by Crippen LogP contribution is 2.28. The van der Waals surface area contributed by atoms with Crippen molar-refractivity contribution in [3.8, 4) is 0 Å². The fraction of sp³-hybridized carbons (Fsp3) is 0.467. The number of benzene rings is 1. The molecule has 19 heavy (non-hydrogen) atoms. The van der Waals surface area contributed by atoms with E-state index in [0.29, 0.717) is 25.0 Å². The van der Waals surface area contributed by atoms with E-state index in [2.05, 4.69) is 0 Å². The highest BCUT2D eigenvalue weighted by molar-refractivity contribution is 6.01. The molecule has 1 saturated heterocycles. The summed E-state index contributed by atoms with van der Waals surface area (Å²) in [6.45, 7) is 0.679. The van der Waals surface area contributed by atoms with Gasteiger partial charge in [0.15, 0.2) is 5.78 Å². The van der Waals surface area contributed by atoms with E-state index in [1.807, 2.05) is 12.1 Å². The van der Waals surface area contributed by atoms with Crippen LogP contribution in [0.15, 0.2) is 18.2 Å². The summed E-state index contributed by atoms with van der Waals surface area (Å²) in [4.78, 5) is 25.6. The number of hydrogen-bond donors (Lipinski definition) is 0. The summed E-state index contributed by atoms with van der Waals surface area (Å²) in [5.41, 5.74) is 2.69. The van der Waals surface area contributed by atoms with Gasteiger partial charge in [-0.1, -0.05) is 0 Å². The fourth-order valence-electron chi connectivity index (χ4n) is 2.78. The molecule has 1 amide bonds. The SMILES string of the molecule is CN1C(=O)CCc2cc(C(=O)C3CCCO3)ccc21. The molecule has 2 heterocycles. The number of nitrogens with zero attached hydrogens (tertiary/aromatic N) is 1. The molecule has 0 N–H and O–H groups in total. The van der Waals surface area contributed by atoms with E-state index in [-0.39, 0.29) is 17.8 Å². The molecule has 0 radical (unpaired) electrons. The molecule has 0 aliphatic carbocycles. The summed E-state index contributed by atoms with van der Waals surface area (Å²) in [6.07, 6.45) is 2.72. The summed E-state index contributed by atoms with van der Waals surface area (Å²) in [7, 11) is 1.78. The second-order valence-corrected chi connectivity index (χ2v) is 5.16. The van der Waals surface area contributed by atoms with Gasteiger partial charge >= 0.3 is 0 Å². The molecular weight excluding hydrogens is 242 g/mol. The van der Waals surface area contributed by atoms with Crippen molar-refractivity contribution in [1.29, 1.82) is 0 Å². The number of fused-ring (bicyclic) bond motifs is 1. The predicted molar refractivity (Wildman–Crippen MR) is 71.5 cm³/mol. The number of carbonyl (C=O) groups is 2. The predicted octanol–water partition coefficient (Wildman–Crippen LogP) is 1.96. The maximum Gasteiger partial charge on any atom is 0.227 e. The van der Waals surface area contributed by atoms with Crippen molar-refractivity contribution in [3.05, 3.63) is 29.3 Å². The number of ether oxygens (including phenoxy) is 1. The third-order valence-electron chi connectivity index (χ3n) is 3.93. The number of aryl methyl sites for hydroxylation is 1. The lowest BCUT2D eigenvalue weighted by molar-refractivity contribution is -0.118. The van der Waals surface area contributed by atoms with Gasteiger partial charge in [-0.3, -0.25) is 9.59 Å². The smallest absolute Gasteiger partial charge is 0.227 e. The molecule has 3 rings (SSSR count). The van der Waals surface area contributed by atoms with Crippen LogP contribution in [0.5, 0.6) is 0 Å². The van der Waals surface area contributed by atoms with Gasteiger partial charge < -0.3 is 9.64 Å². The highest BCUT2D eigenvalue weighted by Gasteiger charge is 2.27. The van der Waals surface area contributed by atoms with Crippen molar-refractivity contribution in [2.75, 3.05) is 18.6 Å². The van der Waals surface area contributed by atoms with Gasteiger partial charge in [0.05, 0.1) is 0 Å². The average Bonchev–Trinajstić information content (AvgIpc) is 2.96. The maximum absolute atomic E-state index is 12.3. The monoisotopic (exact) mass is 259 g/mol. The number of anilines is 1. The van der Waals surface area contributed by atoms with Gasteiger partial charge in [-0.05, 0) is 43.0 Å². The van der Waals surface area contributed by atoms with Crippen molar-refractivity contribution in [3.63, 3.8) is 0 Å². The van der Waals surface area contributed by atoms with Crippen molar-refractivity contribution >= 4 is 17.4 Å². The van der Waals surface area contributed by atoms with Gasteiger partial charge in [0.2, 0.25) is 5.91 Å². The molecule has 1 unspecified atom stereocenters. The minimum Gasteiger partial charge on any atom is -0.370 e. The van der Waals surface area contributed by atoms with Gasteiger partial charge in [0, 0.05) is 31.3 Å². The Morgan fingerprint density at radius 3 is 2.95 bits per heavy atom. The van der Waals surface area contributed by atoms with Crippen molar-refractivity contribution in [1.82, 2.24) is 0 Å². The molecule has 1 atom stereocenters. The Morgan fingerprint density at radius 1 is 1.37 bits per heavy atom. The Hall–Kier alpha value is -1.68. The van der Waals surface area contributed by atoms with Gasteiger partial charge in [-0.15, -0.1) is 0 Å². The molecule has 100 valence electrons.